The topological polar surface area (TPSA) is 59.7 Å². The Labute approximate surface area is 234 Å². The van der Waals surface area contributed by atoms with Gasteiger partial charge in [-0.1, -0.05) is 68.8 Å². The van der Waals surface area contributed by atoms with Crippen LogP contribution >= 0.6 is 0 Å². The Morgan fingerprint density at radius 2 is 1.65 bits per heavy atom. The van der Waals surface area contributed by atoms with E-state index in [9.17, 15) is 14.0 Å². The number of hydrogen-bond acceptors (Lipinski definition) is 3. The quantitative estimate of drug-likeness (QED) is 0.331. The fraction of sp³-hybridized carbons (Fsp3) is 0.333. The second-order valence-corrected chi connectivity index (χ2v) is 11.0. The molecule has 0 radical (unpaired) electrons. The summed E-state index contributed by atoms with van der Waals surface area (Å²) in [6, 6.07) is 21.7. The molecule has 1 aromatic heterocycles. The molecule has 2 aliphatic rings. The zero-order valence-electron chi connectivity index (χ0n) is 23.2. The van der Waals surface area contributed by atoms with Crippen LogP contribution in [0.15, 0.2) is 72.8 Å². The van der Waals surface area contributed by atoms with Crippen LogP contribution in [-0.2, 0) is 4.79 Å². The average molecular weight is 539 g/mol. The first-order valence-electron chi connectivity index (χ1n) is 14.2. The number of amides is 2. The summed E-state index contributed by atoms with van der Waals surface area (Å²) in [5.41, 5.74) is 5.21. The van der Waals surface area contributed by atoms with Crippen molar-refractivity contribution in [2.24, 2.45) is 5.92 Å². The molecule has 0 bridgehead atoms. The number of fused-ring (bicyclic) bond motifs is 2. The summed E-state index contributed by atoms with van der Waals surface area (Å²) in [5.74, 6) is -0.444. The van der Waals surface area contributed by atoms with Crippen molar-refractivity contribution in [2.75, 3.05) is 31.1 Å². The van der Waals surface area contributed by atoms with Gasteiger partial charge in [-0.05, 0) is 42.7 Å². The Morgan fingerprint density at radius 1 is 0.975 bits per heavy atom. The maximum atomic E-state index is 14.4. The predicted molar refractivity (Wildman–Crippen MR) is 156 cm³/mol. The van der Waals surface area contributed by atoms with Gasteiger partial charge >= 0.3 is 0 Å². The van der Waals surface area contributed by atoms with Crippen molar-refractivity contribution >= 4 is 28.4 Å². The third-order valence-electron chi connectivity index (χ3n) is 8.74. The molecule has 40 heavy (non-hydrogen) atoms. The molecule has 3 unspecified atom stereocenters. The van der Waals surface area contributed by atoms with E-state index in [1.165, 1.54) is 6.07 Å². The molecule has 7 heteroatoms. The number of carbonyl (C=O) groups excluding carboxylic acids is 2. The normalized spacial score (nSPS) is 18.8. The zero-order valence-corrected chi connectivity index (χ0v) is 23.2. The number of H-pyrrole nitrogens is 1. The summed E-state index contributed by atoms with van der Waals surface area (Å²) in [5, 5.41) is 1.06. The third-order valence-corrected chi connectivity index (χ3v) is 8.74. The molecule has 3 atom stereocenters. The van der Waals surface area contributed by atoms with Crippen LogP contribution in [0.3, 0.4) is 0 Å². The molecule has 3 heterocycles. The SMILES string of the molecule is CCC(C)C(C(=O)N1CCN(c2ccccc2F)CC1)N1C(=O)c2ccccc2C1c1c(C)[nH]c2ccccc12. The van der Waals surface area contributed by atoms with Gasteiger partial charge in [-0.3, -0.25) is 9.59 Å². The molecule has 1 fully saturated rings. The summed E-state index contributed by atoms with van der Waals surface area (Å²) in [7, 11) is 0. The van der Waals surface area contributed by atoms with Crippen LogP contribution in [0.1, 0.15) is 53.5 Å². The fourth-order valence-electron chi connectivity index (χ4n) is 6.49. The Kier molecular flexibility index (Phi) is 6.82. The van der Waals surface area contributed by atoms with Gasteiger partial charge in [0.2, 0.25) is 5.91 Å². The number of nitrogens with one attached hydrogen (secondary N) is 1. The van der Waals surface area contributed by atoms with E-state index in [2.05, 4.69) is 24.9 Å². The minimum absolute atomic E-state index is 0.0359. The molecule has 0 spiro atoms. The van der Waals surface area contributed by atoms with Crippen molar-refractivity contribution in [1.82, 2.24) is 14.8 Å². The monoisotopic (exact) mass is 538 g/mol. The summed E-state index contributed by atoms with van der Waals surface area (Å²) >= 11 is 0. The van der Waals surface area contributed by atoms with Crippen LogP contribution in [0.4, 0.5) is 10.1 Å². The van der Waals surface area contributed by atoms with Crippen molar-refractivity contribution in [3.63, 3.8) is 0 Å². The molecule has 1 N–H and O–H groups in total. The zero-order chi connectivity index (χ0) is 28.0. The van der Waals surface area contributed by atoms with Crippen LogP contribution in [0.5, 0.6) is 0 Å². The molecular formula is C33H35FN4O2. The van der Waals surface area contributed by atoms with E-state index in [0.717, 1.165) is 34.1 Å². The van der Waals surface area contributed by atoms with E-state index in [0.29, 0.717) is 37.4 Å². The lowest BCUT2D eigenvalue weighted by Gasteiger charge is -2.42. The molecule has 2 amide bonds. The van der Waals surface area contributed by atoms with Crippen LogP contribution in [0.2, 0.25) is 0 Å². The van der Waals surface area contributed by atoms with Crippen LogP contribution in [0, 0.1) is 18.7 Å². The molecule has 6 rings (SSSR count). The number of hydrogen-bond donors (Lipinski definition) is 1. The second kappa shape index (κ2) is 10.5. The number of aromatic amines is 1. The maximum absolute atomic E-state index is 14.4. The van der Waals surface area contributed by atoms with Crippen LogP contribution < -0.4 is 4.90 Å². The molecule has 3 aromatic carbocycles. The number of anilines is 1. The molecule has 0 aliphatic carbocycles. The van der Waals surface area contributed by atoms with Gasteiger partial charge in [0, 0.05) is 53.9 Å². The number of piperazine rings is 1. The number of nitrogens with zero attached hydrogens (tertiary/aromatic N) is 3. The Balaban J connectivity index is 1.37. The van der Waals surface area contributed by atoms with E-state index in [1.54, 1.807) is 12.1 Å². The van der Waals surface area contributed by atoms with E-state index < -0.39 is 6.04 Å². The van der Waals surface area contributed by atoms with Crippen molar-refractivity contribution < 1.29 is 14.0 Å². The lowest BCUT2D eigenvalue weighted by Crippen LogP contribution is -2.57. The van der Waals surface area contributed by atoms with E-state index in [4.69, 9.17) is 0 Å². The fourth-order valence-corrected chi connectivity index (χ4v) is 6.49. The van der Waals surface area contributed by atoms with Gasteiger partial charge in [-0.25, -0.2) is 4.39 Å². The highest BCUT2D eigenvalue weighted by Gasteiger charge is 2.47. The number of para-hydroxylation sites is 2. The Hall–Kier alpha value is -4.13. The highest BCUT2D eigenvalue weighted by Crippen LogP contribution is 2.45. The average Bonchev–Trinajstić information content (AvgIpc) is 3.46. The minimum Gasteiger partial charge on any atom is -0.366 e. The number of halogens is 1. The smallest absolute Gasteiger partial charge is 0.255 e. The number of aromatic nitrogens is 1. The van der Waals surface area contributed by atoms with Crippen LogP contribution in [-0.4, -0.2) is 58.8 Å². The van der Waals surface area contributed by atoms with Gasteiger partial charge in [0.05, 0.1) is 11.7 Å². The molecule has 0 saturated carbocycles. The Bertz CT molecular complexity index is 1570. The number of aryl methyl sites for hydroxylation is 1. The first-order valence-corrected chi connectivity index (χ1v) is 14.2. The number of rotatable bonds is 6. The van der Waals surface area contributed by atoms with Gasteiger partial charge in [0.15, 0.2) is 0 Å². The first-order chi connectivity index (χ1) is 19.4. The van der Waals surface area contributed by atoms with E-state index in [-0.39, 0.29) is 29.6 Å². The van der Waals surface area contributed by atoms with E-state index in [1.807, 2.05) is 70.2 Å². The molecule has 6 nitrogen and oxygen atoms in total. The summed E-state index contributed by atoms with van der Waals surface area (Å²) < 4.78 is 14.4. The Morgan fingerprint density at radius 3 is 2.40 bits per heavy atom. The van der Waals surface area contributed by atoms with Crippen LogP contribution in [0.25, 0.3) is 10.9 Å². The second-order valence-electron chi connectivity index (χ2n) is 11.0. The largest absolute Gasteiger partial charge is 0.366 e. The van der Waals surface area contributed by atoms with Gasteiger partial charge in [-0.15, -0.1) is 0 Å². The maximum Gasteiger partial charge on any atom is 0.255 e. The van der Waals surface area contributed by atoms with E-state index >= 15 is 0 Å². The lowest BCUT2D eigenvalue weighted by molar-refractivity contribution is -0.138. The summed E-state index contributed by atoms with van der Waals surface area (Å²) in [6.45, 7) is 8.21. The van der Waals surface area contributed by atoms with Gasteiger partial charge in [-0.2, -0.15) is 0 Å². The molecule has 2 aliphatic heterocycles. The van der Waals surface area contributed by atoms with Crippen molar-refractivity contribution in [1.29, 1.82) is 0 Å². The molecular weight excluding hydrogens is 503 g/mol. The summed E-state index contributed by atoms with van der Waals surface area (Å²) in [4.78, 5) is 37.8. The van der Waals surface area contributed by atoms with Gasteiger partial charge in [0.25, 0.3) is 5.91 Å². The van der Waals surface area contributed by atoms with Gasteiger partial charge < -0.3 is 19.7 Å². The lowest BCUT2D eigenvalue weighted by atomic mass is 9.91. The standard InChI is InChI=1S/C33H35FN4O2/c1-4-21(2)30(33(40)37-19-17-36(18-20-37)28-16-10-8-14-26(28)34)38-31(23-11-5-6-12-24(23)32(38)39)29-22(3)35-27-15-9-7-13-25(27)29/h5-16,21,30-31,35H,4,17-20H2,1-3H3. The number of carbonyl (C=O) groups is 2. The minimum atomic E-state index is -0.622. The molecule has 1 saturated heterocycles. The van der Waals surface area contributed by atoms with Crippen molar-refractivity contribution in [3.8, 4) is 0 Å². The highest BCUT2D eigenvalue weighted by atomic mass is 19.1. The first kappa shape index (κ1) is 26.1. The van der Waals surface area contributed by atoms with Crippen molar-refractivity contribution in [3.05, 3.63) is 101 Å². The predicted octanol–water partition coefficient (Wildman–Crippen LogP) is 5.92. The molecule has 206 valence electrons. The highest BCUT2D eigenvalue weighted by molar-refractivity contribution is 6.03. The van der Waals surface area contributed by atoms with Gasteiger partial charge in [0.1, 0.15) is 11.9 Å². The third kappa shape index (κ3) is 4.24. The van der Waals surface area contributed by atoms with Crippen molar-refractivity contribution in [2.45, 2.75) is 39.3 Å². The molecule has 4 aromatic rings. The summed E-state index contributed by atoms with van der Waals surface area (Å²) in [6.07, 6.45) is 0.755. The number of benzene rings is 3.